The lowest BCUT2D eigenvalue weighted by Gasteiger charge is -2.13. The Labute approximate surface area is 144 Å². The number of aryl methyl sites for hydroxylation is 1. The predicted molar refractivity (Wildman–Crippen MR) is 96.8 cm³/mol. The number of hydrogen-bond donors (Lipinski definition) is 2. The molecule has 0 aromatic heterocycles. The van der Waals surface area contributed by atoms with Gasteiger partial charge in [-0.05, 0) is 30.5 Å². The summed E-state index contributed by atoms with van der Waals surface area (Å²) in [5.41, 5.74) is 1.63. The molecule has 0 amide bonds. The highest BCUT2D eigenvalue weighted by Crippen LogP contribution is 2.16. The van der Waals surface area contributed by atoms with Crippen molar-refractivity contribution in [3.8, 4) is 0 Å². The van der Waals surface area contributed by atoms with Gasteiger partial charge >= 0.3 is 0 Å². The first-order chi connectivity index (χ1) is 11.0. The number of nitrogens with zero attached hydrogens (tertiary/aromatic N) is 1. The number of sulfone groups is 2. The number of aliphatic imine (C=N–C) groups is 1. The van der Waals surface area contributed by atoms with Gasteiger partial charge in [0.15, 0.2) is 15.8 Å². The van der Waals surface area contributed by atoms with Crippen molar-refractivity contribution in [2.24, 2.45) is 4.99 Å². The average Bonchev–Trinajstić information content (AvgIpc) is 2.44. The second kappa shape index (κ2) is 8.48. The average molecular weight is 376 g/mol. The normalized spacial score (nSPS) is 12.9. The topological polar surface area (TPSA) is 105 Å². The van der Waals surface area contributed by atoms with Crippen LogP contribution in [0.3, 0.4) is 0 Å². The van der Waals surface area contributed by atoms with Gasteiger partial charge in [-0.3, -0.25) is 4.99 Å². The van der Waals surface area contributed by atoms with E-state index in [0.717, 1.165) is 5.56 Å². The van der Waals surface area contributed by atoms with E-state index >= 15 is 0 Å². The molecular formula is C15H25N3O4S2. The van der Waals surface area contributed by atoms with Crippen molar-refractivity contribution in [2.45, 2.75) is 24.8 Å². The maximum absolute atomic E-state index is 11.6. The molecule has 0 radical (unpaired) electrons. The summed E-state index contributed by atoms with van der Waals surface area (Å²) < 4.78 is 45.4. The molecule has 0 heterocycles. The zero-order valence-electron chi connectivity index (χ0n) is 14.5. The molecule has 0 saturated heterocycles. The van der Waals surface area contributed by atoms with E-state index in [9.17, 15) is 16.8 Å². The summed E-state index contributed by atoms with van der Waals surface area (Å²) in [4.78, 5) is 4.39. The SMILES string of the molecule is CN=C(NCCCS(C)(=O)=O)NCc1ccc(S(C)(=O)=O)c(C)c1. The van der Waals surface area contributed by atoms with Gasteiger partial charge in [-0.25, -0.2) is 16.8 Å². The zero-order valence-corrected chi connectivity index (χ0v) is 16.1. The minimum Gasteiger partial charge on any atom is -0.356 e. The standard InChI is InChI=1S/C15H25N3O4S2/c1-12-10-13(6-7-14(12)24(4,21)22)11-18-15(16-2)17-8-5-9-23(3,19)20/h6-7,10H,5,8-9,11H2,1-4H3,(H2,16,17,18). The van der Waals surface area contributed by atoms with E-state index in [0.29, 0.717) is 35.9 Å². The lowest BCUT2D eigenvalue weighted by atomic mass is 10.1. The number of hydrogen-bond acceptors (Lipinski definition) is 5. The van der Waals surface area contributed by atoms with Gasteiger partial charge in [0, 0.05) is 32.6 Å². The molecule has 0 unspecified atom stereocenters. The zero-order chi connectivity index (χ0) is 18.4. The van der Waals surface area contributed by atoms with E-state index in [1.807, 2.05) is 6.07 Å². The Balaban J connectivity index is 2.56. The van der Waals surface area contributed by atoms with E-state index in [1.165, 1.54) is 12.5 Å². The van der Waals surface area contributed by atoms with Crippen LogP contribution in [-0.2, 0) is 26.2 Å². The molecule has 1 aromatic carbocycles. The highest BCUT2D eigenvalue weighted by molar-refractivity contribution is 7.91. The summed E-state index contributed by atoms with van der Waals surface area (Å²) in [6.45, 7) is 2.74. The third kappa shape index (κ3) is 7.31. The van der Waals surface area contributed by atoms with Gasteiger partial charge < -0.3 is 10.6 Å². The van der Waals surface area contributed by atoms with Crippen molar-refractivity contribution in [3.05, 3.63) is 29.3 Å². The molecule has 9 heteroatoms. The fraction of sp³-hybridized carbons (Fsp3) is 0.533. The van der Waals surface area contributed by atoms with Crippen molar-refractivity contribution in [3.63, 3.8) is 0 Å². The lowest BCUT2D eigenvalue weighted by molar-refractivity contribution is 0.597. The number of nitrogens with one attached hydrogen (secondary N) is 2. The van der Waals surface area contributed by atoms with Crippen molar-refractivity contribution < 1.29 is 16.8 Å². The first kappa shape index (κ1) is 20.4. The first-order valence-electron chi connectivity index (χ1n) is 7.45. The smallest absolute Gasteiger partial charge is 0.191 e. The van der Waals surface area contributed by atoms with E-state index in [1.54, 1.807) is 26.1 Å². The van der Waals surface area contributed by atoms with Crippen LogP contribution in [0.2, 0.25) is 0 Å². The van der Waals surface area contributed by atoms with Crippen molar-refractivity contribution in [1.82, 2.24) is 10.6 Å². The quantitative estimate of drug-likeness (QED) is 0.408. The van der Waals surface area contributed by atoms with Gasteiger partial charge in [-0.15, -0.1) is 0 Å². The Morgan fingerprint density at radius 1 is 1.12 bits per heavy atom. The highest BCUT2D eigenvalue weighted by Gasteiger charge is 2.11. The third-order valence-corrected chi connectivity index (χ3v) is 5.59. The van der Waals surface area contributed by atoms with Crippen LogP contribution in [-0.4, -0.2) is 54.7 Å². The molecule has 2 N–H and O–H groups in total. The molecule has 24 heavy (non-hydrogen) atoms. The fourth-order valence-corrected chi connectivity index (χ4v) is 3.81. The van der Waals surface area contributed by atoms with Gasteiger partial charge in [0.2, 0.25) is 0 Å². The van der Waals surface area contributed by atoms with E-state index in [4.69, 9.17) is 0 Å². The molecule has 0 aliphatic rings. The molecule has 0 spiro atoms. The van der Waals surface area contributed by atoms with Crippen LogP contribution < -0.4 is 10.6 Å². The largest absolute Gasteiger partial charge is 0.356 e. The van der Waals surface area contributed by atoms with Crippen LogP contribution in [0.1, 0.15) is 17.5 Å². The summed E-state index contributed by atoms with van der Waals surface area (Å²) in [6.07, 6.45) is 2.90. The summed E-state index contributed by atoms with van der Waals surface area (Å²) in [5.74, 6) is 0.691. The van der Waals surface area contributed by atoms with Crippen LogP contribution in [0.4, 0.5) is 0 Å². The van der Waals surface area contributed by atoms with Gasteiger partial charge in [0.25, 0.3) is 0 Å². The fourth-order valence-electron chi connectivity index (χ4n) is 2.19. The number of guanidine groups is 1. The molecule has 0 saturated carbocycles. The molecule has 0 aliphatic carbocycles. The summed E-state index contributed by atoms with van der Waals surface area (Å²) in [6, 6.07) is 5.18. The van der Waals surface area contributed by atoms with Crippen molar-refractivity contribution in [1.29, 1.82) is 0 Å². The number of benzene rings is 1. The van der Waals surface area contributed by atoms with E-state index < -0.39 is 19.7 Å². The van der Waals surface area contributed by atoms with Crippen LogP contribution in [0.15, 0.2) is 28.1 Å². The van der Waals surface area contributed by atoms with Gasteiger partial charge in [-0.2, -0.15) is 0 Å². The monoisotopic (exact) mass is 375 g/mol. The van der Waals surface area contributed by atoms with E-state index in [2.05, 4.69) is 15.6 Å². The van der Waals surface area contributed by atoms with Crippen LogP contribution in [0, 0.1) is 6.92 Å². The molecule has 0 aliphatic heterocycles. The summed E-state index contributed by atoms with van der Waals surface area (Å²) in [5, 5.41) is 6.15. The van der Waals surface area contributed by atoms with E-state index in [-0.39, 0.29) is 5.75 Å². The summed E-state index contributed by atoms with van der Waals surface area (Å²) in [7, 11) is -4.54. The Bertz CT molecular complexity index is 800. The maximum atomic E-state index is 11.6. The second-order valence-corrected chi connectivity index (χ2v) is 9.95. The van der Waals surface area contributed by atoms with Crippen LogP contribution in [0.5, 0.6) is 0 Å². The van der Waals surface area contributed by atoms with Crippen molar-refractivity contribution >= 4 is 25.6 Å². The molecule has 1 aromatic rings. The Hall–Kier alpha value is -1.61. The van der Waals surface area contributed by atoms with Gasteiger partial charge in [-0.1, -0.05) is 12.1 Å². The molecule has 0 fully saturated rings. The lowest BCUT2D eigenvalue weighted by Crippen LogP contribution is -2.37. The van der Waals surface area contributed by atoms with Gasteiger partial charge in [0.05, 0.1) is 10.6 Å². The van der Waals surface area contributed by atoms with Crippen molar-refractivity contribution in [2.75, 3.05) is 31.9 Å². The van der Waals surface area contributed by atoms with Gasteiger partial charge in [0.1, 0.15) is 9.84 Å². The molecule has 0 bridgehead atoms. The predicted octanol–water partition coefficient (Wildman–Crippen LogP) is 0.498. The number of rotatable bonds is 7. The molecule has 0 atom stereocenters. The van der Waals surface area contributed by atoms with Crippen LogP contribution in [0.25, 0.3) is 0 Å². The minimum absolute atomic E-state index is 0.128. The molecular weight excluding hydrogens is 350 g/mol. The highest BCUT2D eigenvalue weighted by atomic mass is 32.2. The Morgan fingerprint density at radius 2 is 1.79 bits per heavy atom. The Morgan fingerprint density at radius 3 is 2.29 bits per heavy atom. The molecule has 1 rings (SSSR count). The molecule has 7 nitrogen and oxygen atoms in total. The molecule has 136 valence electrons. The first-order valence-corrected chi connectivity index (χ1v) is 11.4. The summed E-state index contributed by atoms with van der Waals surface area (Å²) >= 11 is 0. The maximum Gasteiger partial charge on any atom is 0.191 e. The second-order valence-electron chi connectivity index (χ2n) is 5.71. The Kier molecular flexibility index (Phi) is 7.22. The third-order valence-electron chi connectivity index (χ3n) is 3.31. The minimum atomic E-state index is -3.22. The van der Waals surface area contributed by atoms with Crippen LogP contribution >= 0.6 is 0 Å².